The molecule has 7 heteroatoms. The number of anilines is 1. The zero-order valence-electron chi connectivity index (χ0n) is 14.2. The molecule has 0 atom stereocenters. The van der Waals surface area contributed by atoms with Crippen LogP contribution in [-0.2, 0) is 5.75 Å². The van der Waals surface area contributed by atoms with Gasteiger partial charge >= 0.3 is 0 Å². The maximum Gasteiger partial charge on any atom is 0.277 e. The molecule has 1 aromatic carbocycles. The van der Waals surface area contributed by atoms with Crippen LogP contribution in [0.3, 0.4) is 0 Å². The summed E-state index contributed by atoms with van der Waals surface area (Å²) in [5.41, 5.74) is 2.04. The minimum atomic E-state index is -0.340. The molecule has 0 aliphatic rings. The molecule has 0 aliphatic carbocycles. The Morgan fingerprint density at radius 2 is 1.96 bits per heavy atom. The largest absolute Gasteiger partial charge is 0.461 e. The van der Waals surface area contributed by atoms with E-state index in [1.54, 1.807) is 36.2 Å². The fourth-order valence-corrected chi connectivity index (χ4v) is 3.23. The quantitative estimate of drug-likeness (QED) is 0.483. The first-order valence-corrected chi connectivity index (χ1v) is 9.20. The lowest BCUT2D eigenvalue weighted by Gasteiger charge is -2.05. The van der Waals surface area contributed by atoms with E-state index in [0.717, 1.165) is 10.6 Å². The van der Waals surface area contributed by atoms with E-state index in [1.165, 1.54) is 11.8 Å². The van der Waals surface area contributed by atoms with E-state index in [0.29, 0.717) is 17.2 Å². The molecule has 1 amide bonds. The Morgan fingerprint density at radius 1 is 1.07 bits per heavy atom. The van der Waals surface area contributed by atoms with Crippen molar-refractivity contribution in [2.75, 3.05) is 5.32 Å². The highest BCUT2D eigenvalue weighted by Gasteiger charge is 2.15. The number of carbonyl (C=O) groups excluding carboxylic acids is 1. The zero-order valence-corrected chi connectivity index (χ0v) is 15.0. The fourth-order valence-electron chi connectivity index (χ4n) is 2.40. The Morgan fingerprint density at radius 3 is 2.70 bits per heavy atom. The molecule has 0 saturated carbocycles. The normalized spacial score (nSPS) is 10.7. The van der Waals surface area contributed by atoms with Gasteiger partial charge in [-0.25, -0.2) is 0 Å². The van der Waals surface area contributed by atoms with Gasteiger partial charge in [-0.1, -0.05) is 11.2 Å². The van der Waals surface area contributed by atoms with Crippen molar-refractivity contribution in [1.29, 1.82) is 0 Å². The van der Waals surface area contributed by atoms with Crippen LogP contribution >= 0.6 is 11.8 Å². The lowest BCUT2D eigenvalue weighted by molar-refractivity contribution is 0.101. The average Bonchev–Trinajstić information content (AvgIpc) is 3.40. The number of thioether (sulfide) groups is 1. The second-order valence-electron chi connectivity index (χ2n) is 5.68. The van der Waals surface area contributed by atoms with E-state index in [-0.39, 0.29) is 11.6 Å². The first-order valence-electron chi connectivity index (χ1n) is 8.22. The Hall–Kier alpha value is -3.32. The molecule has 0 bridgehead atoms. The van der Waals surface area contributed by atoms with Gasteiger partial charge in [0.05, 0.1) is 6.26 Å². The van der Waals surface area contributed by atoms with Gasteiger partial charge in [0.25, 0.3) is 5.91 Å². The Balaban J connectivity index is 1.36. The number of amides is 1. The van der Waals surface area contributed by atoms with E-state index < -0.39 is 0 Å². The Kier molecular flexibility index (Phi) is 5.02. The molecule has 134 valence electrons. The maximum absolute atomic E-state index is 12.3. The summed E-state index contributed by atoms with van der Waals surface area (Å²) in [5.74, 6) is 1.43. The highest BCUT2D eigenvalue weighted by Crippen LogP contribution is 2.25. The van der Waals surface area contributed by atoms with Gasteiger partial charge in [-0.3, -0.25) is 9.78 Å². The zero-order chi connectivity index (χ0) is 18.5. The summed E-state index contributed by atoms with van der Waals surface area (Å²) in [6.45, 7) is 0. The molecule has 4 aromatic rings. The van der Waals surface area contributed by atoms with Crippen molar-refractivity contribution in [2.45, 2.75) is 10.6 Å². The Labute approximate surface area is 159 Å². The van der Waals surface area contributed by atoms with Gasteiger partial charge in [0, 0.05) is 34.8 Å². The number of benzene rings is 1. The molecular formula is C20H15N3O3S. The molecule has 1 N–H and O–H groups in total. The van der Waals surface area contributed by atoms with Gasteiger partial charge in [-0.05, 0) is 48.0 Å². The number of aromatic nitrogens is 2. The fraction of sp³-hybridized carbons (Fsp3) is 0.0500. The standard InChI is InChI=1S/C20H15N3O3S/c24-20(17-11-19(26-23-17)18-4-2-10-25-18)22-15-5-7-16(8-6-15)27-13-14-3-1-9-21-12-14/h1-12H,13H2,(H,22,24). The number of hydrogen-bond acceptors (Lipinski definition) is 6. The monoisotopic (exact) mass is 377 g/mol. The third-order valence-corrected chi connectivity index (χ3v) is 4.83. The summed E-state index contributed by atoms with van der Waals surface area (Å²) in [6.07, 6.45) is 5.15. The first-order chi connectivity index (χ1) is 13.3. The molecule has 27 heavy (non-hydrogen) atoms. The second-order valence-corrected chi connectivity index (χ2v) is 6.73. The lowest BCUT2D eigenvalue weighted by atomic mass is 10.3. The number of nitrogens with zero attached hydrogens (tertiary/aromatic N) is 2. The van der Waals surface area contributed by atoms with Gasteiger partial charge in [-0.15, -0.1) is 11.8 Å². The van der Waals surface area contributed by atoms with Crippen LogP contribution in [0.1, 0.15) is 16.1 Å². The molecule has 0 spiro atoms. The second kappa shape index (κ2) is 7.92. The van der Waals surface area contributed by atoms with Crippen molar-refractivity contribution in [3.63, 3.8) is 0 Å². The van der Waals surface area contributed by atoms with Crippen molar-refractivity contribution in [3.05, 3.63) is 84.5 Å². The van der Waals surface area contributed by atoms with E-state index in [4.69, 9.17) is 8.94 Å². The summed E-state index contributed by atoms with van der Waals surface area (Å²) < 4.78 is 10.4. The third-order valence-electron chi connectivity index (χ3n) is 3.75. The molecule has 0 radical (unpaired) electrons. The van der Waals surface area contributed by atoms with Crippen LogP contribution in [0, 0.1) is 0 Å². The number of carbonyl (C=O) groups is 1. The molecule has 0 unspecified atom stereocenters. The van der Waals surface area contributed by atoms with E-state index in [1.807, 2.05) is 42.6 Å². The Bertz CT molecular complexity index is 1010. The van der Waals surface area contributed by atoms with Crippen LogP contribution in [0.25, 0.3) is 11.5 Å². The van der Waals surface area contributed by atoms with Crippen LogP contribution < -0.4 is 5.32 Å². The molecule has 0 aliphatic heterocycles. The van der Waals surface area contributed by atoms with Crippen molar-refractivity contribution in [3.8, 4) is 11.5 Å². The summed E-state index contributed by atoms with van der Waals surface area (Å²) in [5, 5.41) is 6.60. The van der Waals surface area contributed by atoms with Crippen molar-refractivity contribution < 1.29 is 13.7 Å². The maximum atomic E-state index is 12.3. The van der Waals surface area contributed by atoms with Gasteiger partial charge < -0.3 is 14.3 Å². The lowest BCUT2D eigenvalue weighted by Crippen LogP contribution is -2.11. The topological polar surface area (TPSA) is 81.2 Å². The summed E-state index contributed by atoms with van der Waals surface area (Å²) in [7, 11) is 0. The van der Waals surface area contributed by atoms with Crippen LogP contribution in [-0.4, -0.2) is 16.0 Å². The molecule has 3 heterocycles. The van der Waals surface area contributed by atoms with E-state index >= 15 is 0 Å². The SMILES string of the molecule is O=C(Nc1ccc(SCc2cccnc2)cc1)c1cc(-c2ccco2)on1. The molecular weight excluding hydrogens is 362 g/mol. The van der Waals surface area contributed by atoms with Crippen LogP contribution in [0.4, 0.5) is 5.69 Å². The van der Waals surface area contributed by atoms with E-state index in [2.05, 4.69) is 15.5 Å². The number of hydrogen-bond donors (Lipinski definition) is 1. The predicted octanol–water partition coefficient (Wildman–Crippen LogP) is 4.87. The van der Waals surface area contributed by atoms with Crippen LogP contribution in [0.5, 0.6) is 0 Å². The number of rotatable bonds is 6. The molecule has 0 fully saturated rings. The number of furan rings is 1. The summed E-state index contributed by atoms with van der Waals surface area (Å²) in [6, 6.07) is 16.6. The van der Waals surface area contributed by atoms with Gasteiger partial charge in [-0.2, -0.15) is 0 Å². The molecule has 4 rings (SSSR count). The highest BCUT2D eigenvalue weighted by atomic mass is 32.2. The minimum absolute atomic E-state index is 0.191. The number of nitrogens with one attached hydrogen (secondary N) is 1. The van der Waals surface area contributed by atoms with Gasteiger partial charge in [0.2, 0.25) is 5.76 Å². The van der Waals surface area contributed by atoms with Gasteiger partial charge in [0.1, 0.15) is 0 Å². The molecule has 0 saturated heterocycles. The smallest absolute Gasteiger partial charge is 0.277 e. The van der Waals surface area contributed by atoms with Crippen LogP contribution in [0.15, 0.2) is 87.1 Å². The third kappa shape index (κ3) is 4.27. The summed E-state index contributed by atoms with van der Waals surface area (Å²) in [4.78, 5) is 17.5. The first kappa shape index (κ1) is 17.1. The van der Waals surface area contributed by atoms with Crippen molar-refractivity contribution in [1.82, 2.24) is 10.1 Å². The molecule has 6 nitrogen and oxygen atoms in total. The van der Waals surface area contributed by atoms with Crippen molar-refractivity contribution >= 4 is 23.4 Å². The highest BCUT2D eigenvalue weighted by molar-refractivity contribution is 7.98. The average molecular weight is 377 g/mol. The minimum Gasteiger partial charge on any atom is -0.461 e. The van der Waals surface area contributed by atoms with Gasteiger partial charge in [0.15, 0.2) is 11.5 Å². The van der Waals surface area contributed by atoms with E-state index in [9.17, 15) is 4.79 Å². The summed E-state index contributed by atoms with van der Waals surface area (Å²) >= 11 is 1.71. The number of pyridine rings is 1. The van der Waals surface area contributed by atoms with Crippen LogP contribution in [0.2, 0.25) is 0 Å². The molecule has 3 aromatic heterocycles. The predicted molar refractivity (Wildman–Crippen MR) is 102 cm³/mol. The van der Waals surface area contributed by atoms with Crippen molar-refractivity contribution in [2.24, 2.45) is 0 Å².